The molecule has 9 nitrogen and oxygen atoms in total. The molecule has 0 amide bonds. The summed E-state index contributed by atoms with van der Waals surface area (Å²) in [5.41, 5.74) is 0.798. The summed E-state index contributed by atoms with van der Waals surface area (Å²) < 4.78 is 50.8. The zero-order valence-corrected chi connectivity index (χ0v) is 15.4. The van der Waals surface area contributed by atoms with Gasteiger partial charge < -0.3 is 9.80 Å². The molecule has 0 radical (unpaired) electrons. The number of hydrogen-bond acceptors (Lipinski definition) is 7. The lowest BCUT2D eigenvalue weighted by Crippen LogP contribution is -2.47. The SMILES string of the molecule is NS(=O)(=O)c1ccccc1N1CCN(c2ccc3nnc(C(F)F)n3n2)CC1. The van der Waals surface area contributed by atoms with E-state index in [0.29, 0.717) is 37.7 Å². The molecule has 0 saturated carbocycles. The molecule has 1 aliphatic heterocycles. The average molecular weight is 409 g/mol. The molecule has 148 valence electrons. The molecule has 1 aromatic carbocycles. The Morgan fingerprint density at radius 1 is 0.964 bits per heavy atom. The molecule has 3 heterocycles. The molecule has 28 heavy (non-hydrogen) atoms. The second kappa shape index (κ2) is 6.95. The first-order chi connectivity index (χ1) is 13.3. The van der Waals surface area contributed by atoms with Gasteiger partial charge in [0, 0.05) is 26.2 Å². The molecule has 0 atom stereocenters. The minimum Gasteiger partial charge on any atom is -0.367 e. The molecule has 2 aromatic heterocycles. The van der Waals surface area contributed by atoms with E-state index < -0.39 is 22.3 Å². The number of aromatic nitrogens is 4. The third kappa shape index (κ3) is 3.36. The lowest BCUT2D eigenvalue weighted by atomic mass is 10.2. The maximum absolute atomic E-state index is 13.0. The summed E-state index contributed by atoms with van der Waals surface area (Å²) in [6, 6.07) is 9.86. The Hall–Kier alpha value is -2.86. The molecule has 1 fully saturated rings. The summed E-state index contributed by atoms with van der Waals surface area (Å²) in [7, 11) is -3.84. The van der Waals surface area contributed by atoms with Crippen LogP contribution in [0.25, 0.3) is 5.65 Å². The van der Waals surface area contributed by atoms with Crippen molar-refractivity contribution >= 4 is 27.2 Å². The summed E-state index contributed by atoms with van der Waals surface area (Å²) in [6.45, 7) is 2.11. The van der Waals surface area contributed by atoms with E-state index in [2.05, 4.69) is 15.3 Å². The van der Waals surface area contributed by atoms with Gasteiger partial charge in [0.05, 0.1) is 5.69 Å². The topological polar surface area (TPSA) is 110 Å². The number of nitrogens with two attached hydrogens (primary N) is 1. The van der Waals surface area contributed by atoms with Crippen molar-refractivity contribution in [1.29, 1.82) is 0 Å². The molecule has 0 aliphatic carbocycles. The Bertz CT molecular complexity index is 1110. The quantitative estimate of drug-likeness (QED) is 0.685. The van der Waals surface area contributed by atoms with E-state index in [1.807, 2.05) is 9.80 Å². The van der Waals surface area contributed by atoms with Crippen molar-refractivity contribution in [1.82, 2.24) is 19.8 Å². The number of anilines is 2. The van der Waals surface area contributed by atoms with Gasteiger partial charge in [-0.1, -0.05) is 12.1 Å². The van der Waals surface area contributed by atoms with Crippen LogP contribution in [0, 0.1) is 0 Å². The number of primary sulfonamides is 1. The van der Waals surface area contributed by atoms with E-state index >= 15 is 0 Å². The van der Waals surface area contributed by atoms with Crippen LogP contribution in [0.5, 0.6) is 0 Å². The van der Waals surface area contributed by atoms with Gasteiger partial charge in [0.2, 0.25) is 15.8 Å². The van der Waals surface area contributed by atoms with E-state index in [1.165, 1.54) is 6.07 Å². The molecule has 0 spiro atoms. The number of halogens is 2. The molecule has 4 rings (SSSR count). The highest BCUT2D eigenvalue weighted by Crippen LogP contribution is 2.26. The van der Waals surface area contributed by atoms with Crippen LogP contribution < -0.4 is 14.9 Å². The number of piperazine rings is 1. The summed E-state index contributed by atoms with van der Waals surface area (Å²) in [6.07, 6.45) is -2.77. The van der Waals surface area contributed by atoms with Crippen LogP contribution in [0.3, 0.4) is 0 Å². The van der Waals surface area contributed by atoms with E-state index in [4.69, 9.17) is 5.14 Å². The largest absolute Gasteiger partial charge is 0.367 e. The van der Waals surface area contributed by atoms with Crippen molar-refractivity contribution in [2.24, 2.45) is 5.14 Å². The van der Waals surface area contributed by atoms with Crippen LogP contribution in [0.4, 0.5) is 20.3 Å². The highest BCUT2D eigenvalue weighted by molar-refractivity contribution is 7.89. The second-order valence-electron chi connectivity index (χ2n) is 6.31. The number of benzene rings is 1. The minimum absolute atomic E-state index is 0.0778. The molecule has 2 N–H and O–H groups in total. The first-order valence-corrected chi connectivity index (χ1v) is 10.0. The fourth-order valence-corrected chi connectivity index (χ4v) is 3.99. The Labute approximate surface area is 159 Å². The third-order valence-corrected chi connectivity index (χ3v) is 5.54. The monoisotopic (exact) mass is 409 g/mol. The number of hydrogen-bond donors (Lipinski definition) is 1. The Morgan fingerprint density at radius 3 is 2.32 bits per heavy atom. The lowest BCUT2D eigenvalue weighted by Gasteiger charge is -2.37. The zero-order chi connectivity index (χ0) is 19.9. The number of para-hydroxylation sites is 1. The van der Waals surface area contributed by atoms with Gasteiger partial charge in [0.25, 0.3) is 6.43 Å². The predicted molar refractivity (Wildman–Crippen MR) is 98.0 cm³/mol. The normalized spacial score (nSPS) is 15.6. The molecule has 0 unspecified atom stereocenters. The number of sulfonamides is 1. The summed E-state index contributed by atoms with van der Waals surface area (Å²) in [4.78, 5) is 3.94. The summed E-state index contributed by atoms with van der Waals surface area (Å²) >= 11 is 0. The van der Waals surface area contributed by atoms with Gasteiger partial charge in [-0.3, -0.25) is 0 Å². The second-order valence-corrected chi connectivity index (χ2v) is 7.84. The third-order valence-electron chi connectivity index (χ3n) is 4.58. The van der Waals surface area contributed by atoms with Crippen LogP contribution in [-0.2, 0) is 10.0 Å². The number of rotatable bonds is 4. The molecule has 0 bridgehead atoms. The molecule has 1 saturated heterocycles. The Morgan fingerprint density at radius 2 is 1.64 bits per heavy atom. The van der Waals surface area contributed by atoms with Crippen LogP contribution in [0.1, 0.15) is 12.2 Å². The van der Waals surface area contributed by atoms with Crippen LogP contribution in [0.2, 0.25) is 0 Å². The van der Waals surface area contributed by atoms with E-state index in [9.17, 15) is 17.2 Å². The van der Waals surface area contributed by atoms with Crippen molar-refractivity contribution in [3.05, 3.63) is 42.2 Å². The van der Waals surface area contributed by atoms with E-state index in [-0.39, 0.29) is 10.5 Å². The van der Waals surface area contributed by atoms with Gasteiger partial charge >= 0.3 is 0 Å². The summed E-state index contributed by atoms with van der Waals surface area (Å²) in [5, 5.41) is 16.7. The first kappa shape index (κ1) is 18.5. The van der Waals surface area contributed by atoms with Crippen molar-refractivity contribution in [3.8, 4) is 0 Å². The van der Waals surface area contributed by atoms with Gasteiger partial charge in [-0.2, -0.15) is 4.52 Å². The predicted octanol–water partition coefficient (Wildman–Crippen LogP) is 1.04. The van der Waals surface area contributed by atoms with Crippen LogP contribution in [-0.4, -0.2) is 54.4 Å². The molecular weight excluding hydrogens is 392 g/mol. The Kier molecular flexibility index (Phi) is 4.59. The fourth-order valence-electron chi connectivity index (χ4n) is 3.24. The first-order valence-electron chi connectivity index (χ1n) is 8.47. The van der Waals surface area contributed by atoms with Gasteiger partial charge in [-0.25, -0.2) is 22.3 Å². The van der Waals surface area contributed by atoms with Crippen molar-refractivity contribution in [2.45, 2.75) is 11.3 Å². The standard InChI is InChI=1S/C16H17F2N7O2S/c17-15(18)16-21-20-13-5-6-14(22-25(13)16)24-9-7-23(8-10-24)11-3-1-2-4-12(11)28(19,26)27/h1-6,15H,7-10H2,(H2,19,26,27). The van der Waals surface area contributed by atoms with Gasteiger partial charge in [-0.05, 0) is 24.3 Å². The number of fused-ring (bicyclic) bond motifs is 1. The van der Waals surface area contributed by atoms with Crippen molar-refractivity contribution in [3.63, 3.8) is 0 Å². The molecule has 3 aromatic rings. The Balaban J connectivity index is 1.55. The van der Waals surface area contributed by atoms with E-state index in [0.717, 1.165) is 4.52 Å². The summed E-state index contributed by atoms with van der Waals surface area (Å²) in [5.74, 6) is 0.0196. The van der Waals surface area contributed by atoms with Gasteiger partial charge in [0.15, 0.2) is 5.65 Å². The van der Waals surface area contributed by atoms with Crippen LogP contribution in [0.15, 0.2) is 41.3 Å². The number of nitrogens with zero attached hydrogens (tertiary/aromatic N) is 6. The van der Waals surface area contributed by atoms with E-state index in [1.54, 1.807) is 30.3 Å². The van der Waals surface area contributed by atoms with Gasteiger partial charge in [-0.15, -0.1) is 15.3 Å². The highest BCUT2D eigenvalue weighted by atomic mass is 32.2. The molecule has 1 aliphatic rings. The zero-order valence-electron chi connectivity index (χ0n) is 14.6. The average Bonchev–Trinajstić information content (AvgIpc) is 3.11. The van der Waals surface area contributed by atoms with Crippen molar-refractivity contribution in [2.75, 3.05) is 36.0 Å². The lowest BCUT2D eigenvalue weighted by molar-refractivity contribution is 0.137. The molecule has 12 heteroatoms. The maximum atomic E-state index is 13.0. The number of alkyl halides is 2. The molecular formula is C16H17F2N7O2S. The van der Waals surface area contributed by atoms with Gasteiger partial charge in [0.1, 0.15) is 10.7 Å². The maximum Gasteiger partial charge on any atom is 0.299 e. The fraction of sp³-hybridized carbons (Fsp3) is 0.312. The van der Waals surface area contributed by atoms with Crippen molar-refractivity contribution < 1.29 is 17.2 Å². The highest BCUT2D eigenvalue weighted by Gasteiger charge is 2.24. The minimum atomic E-state index is -3.84. The smallest absolute Gasteiger partial charge is 0.299 e. The van der Waals surface area contributed by atoms with Crippen LogP contribution >= 0.6 is 0 Å².